The zero-order chi connectivity index (χ0) is 14.8. The minimum absolute atomic E-state index is 0.0654. The third kappa shape index (κ3) is 3.84. The molecule has 2 saturated carbocycles. The van der Waals surface area contributed by atoms with Crippen molar-refractivity contribution >= 4 is 5.78 Å². The zero-order valence-electron chi connectivity index (χ0n) is 14.0. The molecule has 2 nitrogen and oxygen atoms in total. The van der Waals surface area contributed by atoms with E-state index in [1.165, 1.54) is 38.6 Å². The number of nitrogens with zero attached hydrogens (tertiary/aromatic N) is 1. The molecule has 1 atom stereocenters. The highest BCUT2D eigenvalue weighted by molar-refractivity contribution is 5.88. The number of carbonyl (C=O) groups excluding carboxylic acids is 1. The van der Waals surface area contributed by atoms with E-state index in [9.17, 15) is 4.79 Å². The van der Waals surface area contributed by atoms with Gasteiger partial charge in [0.25, 0.3) is 0 Å². The summed E-state index contributed by atoms with van der Waals surface area (Å²) in [7, 11) is 0. The van der Waals surface area contributed by atoms with Gasteiger partial charge in [0.15, 0.2) is 0 Å². The summed E-state index contributed by atoms with van der Waals surface area (Å²) in [6.45, 7) is 11.1. The SMILES string of the molecule is CC(C)CCN(CC1CCC(C)(C)C1=O)C1CCCC1. The fraction of sp³-hybridized carbons (Fsp3) is 0.944. The predicted molar refractivity (Wildman–Crippen MR) is 84.8 cm³/mol. The maximum atomic E-state index is 12.5. The third-order valence-electron chi connectivity index (χ3n) is 5.45. The van der Waals surface area contributed by atoms with Crippen LogP contribution in [0.15, 0.2) is 0 Å². The van der Waals surface area contributed by atoms with E-state index in [4.69, 9.17) is 0 Å². The van der Waals surface area contributed by atoms with Gasteiger partial charge in [-0.05, 0) is 44.6 Å². The van der Waals surface area contributed by atoms with Crippen LogP contribution in [-0.4, -0.2) is 29.8 Å². The van der Waals surface area contributed by atoms with Crippen LogP contribution in [0.4, 0.5) is 0 Å². The van der Waals surface area contributed by atoms with E-state index >= 15 is 0 Å². The van der Waals surface area contributed by atoms with E-state index in [0.29, 0.717) is 11.7 Å². The Morgan fingerprint density at radius 2 is 1.85 bits per heavy atom. The van der Waals surface area contributed by atoms with E-state index < -0.39 is 0 Å². The second kappa shape index (κ2) is 6.60. The maximum Gasteiger partial charge on any atom is 0.142 e. The quantitative estimate of drug-likeness (QED) is 0.723. The minimum atomic E-state index is -0.0654. The van der Waals surface area contributed by atoms with E-state index in [0.717, 1.165) is 31.3 Å². The molecule has 0 radical (unpaired) electrons. The van der Waals surface area contributed by atoms with Crippen molar-refractivity contribution < 1.29 is 4.79 Å². The summed E-state index contributed by atoms with van der Waals surface area (Å²) in [6.07, 6.45) is 8.92. The van der Waals surface area contributed by atoms with E-state index in [2.05, 4.69) is 32.6 Å². The van der Waals surface area contributed by atoms with Crippen molar-refractivity contribution in [1.29, 1.82) is 0 Å². The molecule has 0 aromatic heterocycles. The van der Waals surface area contributed by atoms with Gasteiger partial charge in [0.2, 0.25) is 0 Å². The molecule has 0 amide bonds. The van der Waals surface area contributed by atoms with Crippen molar-refractivity contribution in [3.63, 3.8) is 0 Å². The van der Waals surface area contributed by atoms with Gasteiger partial charge >= 0.3 is 0 Å². The molecule has 0 N–H and O–H groups in total. The first-order chi connectivity index (χ1) is 9.40. The molecule has 2 rings (SSSR count). The number of Topliss-reactive ketones (excluding diaryl/α,β-unsaturated/α-hetero) is 1. The number of hydrogen-bond acceptors (Lipinski definition) is 2. The molecule has 0 spiro atoms. The molecule has 0 bridgehead atoms. The largest absolute Gasteiger partial charge is 0.300 e. The third-order valence-corrected chi connectivity index (χ3v) is 5.45. The van der Waals surface area contributed by atoms with Crippen LogP contribution in [0, 0.1) is 17.3 Å². The molecular weight excluding hydrogens is 246 g/mol. The predicted octanol–water partition coefficient (Wildman–Crippen LogP) is 4.28. The van der Waals surface area contributed by atoms with Gasteiger partial charge in [-0.1, -0.05) is 40.5 Å². The van der Waals surface area contributed by atoms with E-state index in [1.54, 1.807) is 0 Å². The van der Waals surface area contributed by atoms with Crippen LogP contribution >= 0.6 is 0 Å². The van der Waals surface area contributed by atoms with Crippen molar-refractivity contribution in [3.05, 3.63) is 0 Å². The van der Waals surface area contributed by atoms with Crippen LogP contribution in [0.5, 0.6) is 0 Å². The van der Waals surface area contributed by atoms with Crippen LogP contribution in [0.2, 0.25) is 0 Å². The number of hydrogen-bond donors (Lipinski definition) is 0. The summed E-state index contributed by atoms with van der Waals surface area (Å²) in [5.41, 5.74) is -0.0654. The van der Waals surface area contributed by atoms with Gasteiger partial charge in [0, 0.05) is 23.9 Å². The van der Waals surface area contributed by atoms with E-state index in [-0.39, 0.29) is 5.41 Å². The highest BCUT2D eigenvalue weighted by Gasteiger charge is 2.41. The molecule has 0 aliphatic heterocycles. The van der Waals surface area contributed by atoms with Crippen LogP contribution in [0.25, 0.3) is 0 Å². The van der Waals surface area contributed by atoms with Gasteiger partial charge in [0.1, 0.15) is 5.78 Å². The molecule has 2 fully saturated rings. The van der Waals surface area contributed by atoms with Gasteiger partial charge in [-0.25, -0.2) is 0 Å². The Morgan fingerprint density at radius 1 is 1.20 bits per heavy atom. The van der Waals surface area contributed by atoms with Crippen molar-refractivity contribution in [2.24, 2.45) is 17.3 Å². The van der Waals surface area contributed by atoms with Gasteiger partial charge < -0.3 is 0 Å². The Labute approximate surface area is 125 Å². The average Bonchev–Trinajstić information content (AvgIpc) is 2.97. The van der Waals surface area contributed by atoms with Crippen molar-refractivity contribution in [3.8, 4) is 0 Å². The second-order valence-corrected chi connectivity index (χ2v) is 8.10. The van der Waals surface area contributed by atoms with Crippen molar-refractivity contribution in [2.45, 2.75) is 78.7 Å². The van der Waals surface area contributed by atoms with Crippen LogP contribution < -0.4 is 0 Å². The normalized spacial score (nSPS) is 27.1. The van der Waals surface area contributed by atoms with Crippen LogP contribution in [0.3, 0.4) is 0 Å². The Morgan fingerprint density at radius 3 is 2.35 bits per heavy atom. The second-order valence-electron chi connectivity index (χ2n) is 8.10. The lowest BCUT2D eigenvalue weighted by Crippen LogP contribution is -2.40. The van der Waals surface area contributed by atoms with Gasteiger partial charge in [-0.15, -0.1) is 0 Å². The lowest BCUT2D eigenvalue weighted by Gasteiger charge is -2.31. The monoisotopic (exact) mass is 279 g/mol. The Bertz CT molecular complexity index is 328. The first-order valence-corrected chi connectivity index (χ1v) is 8.68. The zero-order valence-corrected chi connectivity index (χ0v) is 14.0. The molecule has 1 unspecified atom stereocenters. The maximum absolute atomic E-state index is 12.5. The molecule has 0 heterocycles. The highest BCUT2D eigenvalue weighted by atomic mass is 16.1. The number of rotatable bonds is 6. The summed E-state index contributed by atoms with van der Waals surface area (Å²) in [5.74, 6) is 1.58. The lowest BCUT2D eigenvalue weighted by molar-refractivity contribution is -0.128. The van der Waals surface area contributed by atoms with Crippen molar-refractivity contribution in [1.82, 2.24) is 4.90 Å². The summed E-state index contributed by atoms with van der Waals surface area (Å²) in [6, 6.07) is 0.755. The van der Waals surface area contributed by atoms with Crippen molar-refractivity contribution in [2.75, 3.05) is 13.1 Å². The standard InChI is InChI=1S/C18H33NO/c1-14(2)10-12-19(16-7-5-6-8-16)13-15-9-11-18(3,4)17(15)20/h14-16H,5-13H2,1-4H3. The molecule has 20 heavy (non-hydrogen) atoms. The molecule has 2 heteroatoms. The topological polar surface area (TPSA) is 20.3 Å². The summed E-state index contributed by atoms with van der Waals surface area (Å²) >= 11 is 0. The minimum Gasteiger partial charge on any atom is -0.300 e. The highest BCUT2D eigenvalue weighted by Crippen LogP contribution is 2.38. The smallest absolute Gasteiger partial charge is 0.142 e. The Hall–Kier alpha value is -0.370. The Balaban J connectivity index is 1.94. The van der Waals surface area contributed by atoms with Gasteiger partial charge in [-0.3, -0.25) is 9.69 Å². The number of ketones is 1. The molecule has 0 aromatic rings. The lowest BCUT2D eigenvalue weighted by atomic mass is 9.89. The Kier molecular flexibility index (Phi) is 5.28. The fourth-order valence-corrected chi connectivity index (χ4v) is 3.92. The summed E-state index contributed by atoms with van der Waals surface area (Å²) in [4.78, 5) is 15.2. The number of carbonyl (C=O) groups is 1. The van der Waals surface area contributed by atoms with Gasteiger partial charge in [0.05, 0.1) is 0 Å². The van der Waals surface area contributed by atoms with Gasteiger partial charge in [-0.2, -0.15) is 0 Å². The molecular formula is C18H33NO. The van der Waals surface area contributed by atoms with E-state index in [1.807, 2.05) is 0 Å². The van der Waals surface area contributed by atoms with Crippen LogP contribution in [-0.2, 0) is 4.79 Å². The summed E-state index contributed by atoms with van der Waals surface area (Å²) < 4.78 is 0. The molecule has 2 aliphatic rings. The fourth-order valence-electron chi connectivity index (χ4n) is 3.92. The first-order valence-electron chi connectivity index (χ1n) is 8.68. The molecule has 2 aliphatic carbocycles. The first kappa shape index (κ1) is 16.0. The average molecular weight is 279 g/mol. The molecule has 0 aromatic carbocycles. The molecule has 0 saturated heterocycles. The summed E-state index contributed by atoms with van der Waals surface area (Å²) in [5, 5.41) is 0. The van der Waals surface area contributed by atoms with Crippen LogP contribution in [0.1, 0.15) is 72.6 Å². The molecule has 116 valence electrons.